The lowest BCUT2D eigenvalue weighted by Crippen LogP contribution is -2.03. The van der Waals surface area contributed by atoms with Crippen molar-refractivity contribution in [1.29, 1.82) is 0 Å². The van der Waals surface area contributed by atoms with E-state index in [1.165, 1.54) is 19.2 Å². The fourth-order valence-corrected chi connectivity index (χ4v) is 1.56. The third kappa shape index (κ3) is 1.92. The number of esters is 1. The topological polar surface area (TPSA) is 101 Å². The number of nitrogens with two attached hydrogens (primary N) is 1. The Balaban J connectivity index is 2.58. The van der Waals surface area contributed by atoms with Crippen LogP contribution in [0.3, 0.4) is 0 Å². The van der Waals surface area contributed by atoms with Crippen LogP contribution in [0.1, 0.15) is 10.5 Å². The number of rotatable bonds is 2. The normalized spacial score (nSPS) is 10.2. The number of phenols is 1. The SMILES string of the molecule is COC(=O)c1[nH]nc(N)c1-c1cccc(O)c1. The van der Waals surface area contributed by atoms with Gasteiger partial charge in [0.15, 0.2) is 11.5 Å². The number of hydrogen-bond acceptors (Lipinski definition) is 5. The van der Waals surface area contributed by atoms with E-state index in [1.54, 1.807) is 12.1 Å². The van der Waals surface area contributed by atoms with Crippen LogP contribution in [-0.4, -0.2) is 28.4 Å². The van der Waals surface area contributed by atoms with Crippen LogP contribution in [0.2, 0.25) is 0 Å². The van der Waals surface area contributed by atoms with E-state index in [0.717, 1.165) is 0 Å². The number of aromatic amines is 1. The fourth-order valence-electron chi connectivity index (χ4n) is 1.56. The first kappa shape index (κ1) is 11.0. The Morgan fingerprint density at radius 2 is 2.29 bits per heavy atom. The second-order valence-corrected chi connectivity index (χ2v) is 3.40. The molecule has 0 unspecified atom stereocenters. The quantitative estimate of drug-likeness (QED) is 0.675. The highest BCUT2D eigenvalue weighted by Crippen LogP contribution is 2.30. The molecule has 0 saturated carbocycles. The number of nitrogens with zero attached hydrogens (tertiary/aromatic N) is 1. The van der Waals surface area contributed by atoms with Gasteiger partial charge in [-0.1, -0.05) is 12.1 Å². The maximum Gasteiger partial charge on any atom is 0.356 e. The maximum atomic E-state index is 11.5. The molecular formula is C11H11N3O3. The van der Waals surface area contributed by atoms with Gasteiger partial charge in [-0.25, -0.2) is 4.79 Å². The molecule has 0 aliphatic carbocycles. The number of ether oxygens (including phenoxy) is 1. The van der Waals surface area contributed by atoms with Gasteiger partial charge in [0.1, 0.15) is 5.75 Å². The van der Waals surface area contributed by atoms with E-state index in [-0.39, 0.29) is 17.3 Å². The average molecular weight is 233 g/mol. The summed E-state index contributed by atoms with van der Waals surface area (Å²) in [5.74, 6) is -0.303. The van der Waals surface area contributed by atoms with E-state index < -0.39 is 5.97 Å². The number of aromatic hydroxyl groups is 1. The minimum atomic E-state index is -0.562. The van der Waals surface area contributed by atoms with Gasteiger partial charge in [-0.3, -0.25) is 5.10 Å². The summed E-state index contributed by atoms with van der Waals surface area (Å²) >= 11 is 0. The number of phenolic OH excluding ortho intramolecular Hbond substituents is 1. The molecule has 0 amide bonds. The van der Waals surface area contributed by atoms with Crippen LogP contribution in [0.5, 0.6) is 5.75 Å². The maximum absolute atomic E-state index is 11.5. The van der Waals surface area contributed by atoms with E-state index in [2.05, 4.69) is 14.9 Å². The average Bonchev–Trinajstić information content (AvgIpc) is 2.70. The molecule has 0 spiro atoms. The number of anilines is 1. The van der Waals surface area contributed by atoms with Gasteiger partial charge in [0.2, 0.25) is 0 Å². The number of nitrogen functional groups attached to an aromatic ring is 1. The molecule has 0 radical (unpaired) electrons. The number of carbonyl (C=O) groups excluding carboxylic acids is 1. The van der Waals surface area contributed by atoms with Crippen molar-refractivity contribution in [1.82, 2.24) is 10.2 Å². The predicted molar refractivity (Wildman–Crippen MR) is 61.4 cm³/mol. The van der Waals surface area contributed by atoms with E-state index in [4.69, 9.17) is 5.73 Å². The lowest BCUT2D eigenvalue weighted by molar-refractivity contribution is 0.0595. The molecule has 0 atom stereocenters. The van der Waals surface area contributed by atoms with Crippen LogP contribution in [0.15, 0.2) is 24.3 Å². The highest BCUT2D eigenvalue weighted by Gasteiger charge is 2.19. The van der Waals surface area contributed by atoms with E-state index in [9.17, 15) is 9.90 Å². The van der Waals surface area contributed by atoms with Crippen molar-refractivity contribution in [3.63, 3.8) is 0 Å². The van der Waals surface area contributed by atoms with Crippen LogP contribution in [0.25, 0.3) is 11.1 Å². The van der Waals surface area contributed by atoms with Crippen molar-refractivity contribution in [2.24, 2.45) is 0 Å². The van der Waals surface area contributed by atoms with Crippen molar-refractivity contribution in [2.45, 2.75) is 0 Å². The summed E-state index contributed by atoms with van der Waals surface area (Å²) < 4.78 is 4.61. The number of aromatic nitrogens is 2. The Labute approximate surface area is 97.0 Å². The molecule has 17 heavy (non-hydrogen) atoms. The summed E-state index contributed by atoms with van der Waals surface area (Å²) in [6.07, 6.45) is 0. The fraction of sp³-hybridized carbons (Fsp3) is 0.0909. The second kappa shape index (κ2) is 4.17. The van der Waals surface area contributed by atoms with Gasteiger partial charge in [0, 0.05) is 0 Å². The highest BCUT2D eigenvalue weighted by molar-refractivity contribution is 5.98. The van der Waals surface area contributed by atoms with Crippen LogP contribution in [-0.2, 0) is 4.74 Å². The molecule has 1 aromatic heterocycles. The lowest BCUT2D eigenvalue weighted by atomic mass is 10.1. The first-order chi connectivity index (χ1) is 8.13. The number of hydrogen-bond donors (Lipinski definition) is 3. The van der Waals surface area contributed by atoms with Crippen LogP contribution in [0.4, 0.5) is 5.82 Å². The van der Waals surface area contributed by atoms with Crippen LogP contribution in [0, 0.1) is 0 Å². The van der Waals surface area contributed by atoms with Gasteiger partial charge in [-0.15, -0.1) is 0 Å². The number of carbonyl (C=O) groups is 1. The summed E-state index contributed by atoms with van der Waals surface area (Å²) in [5, 5.41) is 15.7. The van der Waals surface area contributed by atoms with Gasteiger partial charge in [-0.2, -0.15) is 5.10 Å². The number of benzene rings is 1. The highest BCUT2D eigenvalue weighted by atomic mass is 16.5. The van der Waals surface area contributed by atoms with E-state index >= 15 is 0 Å². The molecule has 1 heterocycles. The standard InChI is InChI=1S/C11H11N3O3/c1-17-11(16)9-8(10(12)14-13-9)6-3-2-4-7(15)5-6/h2-5,15H,1H3,(H3,12,13,14). The Kier molecular flexibility index (Phi) is 2.70. The van der Waals surface area contributed by atoms with E-state index in [0.29, 0.717) is 11.1 Å². The molecule has 1 aromatic carbocycles. The molecule has 2 rings (SSSR count). The summed E-state index contributed by atoms with van der Waals surface area (Å²) in [7, 11) is 1.27. The van der Waals surface area contributed by atoms with Crippen molar-refractivity contribution < 1.29 is 14.6 Å². The largest absolute Gasteiger partial charge is 0.508 e. The molecule has 88 valence electrons. The third-order valence-corrected chi connectivity index (χ3v) is 2.32. The zero-order valence-electron chi connectivity index (χ0n) is 9.10. The second-order valence-electron chi connectivity index (χ2n) is 3.40. The van der Waals surface area contributed by atoms with Gasteiger partial charge in [0.05, 0.1) is 12.7 Å². The first-order valence-electron chi connectivity index (χ1n) is 4.85. The molecule has 6 heteroatoms. The summed E-state index contributed by atoms with van der Waals surface area (Å²) in [5.41, 5.74) is 6.86. The molecular weight excluding hydrogens is 222 g/mol. The number of H-pyrrole nitrogens is 1. The molecule has 0 aliphatic heterocycles. The zero-order chi connectivity index (χ0) is 12.4. The third-order valence-electron chi connectivity index (χ3n) is 2.32. The monoisotopic (exact) mass is 233 g/mol. The van der Waals surface area contributed by atoms with Gasteiger partial charge in [-0.05, 0) is 17.7 Å². The Bertz CT molecular complexity index is 563. The Hall–Kier alpha value is -2.50. The van der Waals surface area contributed by atoms with Gasteiger partial charge in [0.25, 0.3) is 0 Å². The van der Waals surface area contributed by atoms with Gasteiger partial charge < -0.3 is 15.6 Å². The molecule has 4 N–H and O–H groups in total. The summed E-state index contributed by atoms with van der Waals surface area (Å²) in [6.45, 7) is 0. The van der Waals surface area contributed by atoms with Crippen LogP contribution >= 0.6 is 0 Å². The van der Waals surface area contributed by atoms with Crippen molar-refractivity contribution in [3.05, 3.63) is 30.0 Å². The number of nitrogens with one attached hydrogen (secondary N) is 1. The van der Waals surface area contributed by atoms with Crippen molar-refractivity contribution in [3.8, 4) is 16.9 Å². The summed E-state index contributed by atoms with van der Waals surface area (Å²) in [6, 6.07) is 6.39. The predicted octanol–water partition coefficient (Wildman–Crippen LogP) is 1.15. The van der Waals surface area contributed by atoms with Crippen molar-refractivity contribution >= 4 is 11.8 Å². The minimum absolute atomic E-state index is 0.0823. The molecule has 0 saturated heterocycles. The first-order valence-corrected chi connectivity index (χ1v) is 4.85. The molecule has 2 aromatic rings. The van der Waals surface area contributed by atoms with Crippen LogP contribution < -0.4 is 5.73 Å². The molecule has 0 aliphatic rings. The minimum Gasteiger partial charge on any atom is -0.508 e. The molecule has 0 bridgehead atoms. The summed E-state index contributed by atoms with van der Waals surface area (Å²) in [4.78, 5) is 11.5. The van der Waals surface area contributed by atoms with E-state index in [1.807, 2.05) is 0 Å². The smallest absolute Gasteiger partial charge is 0.356 e. The molecule has 0 fully saturated rings. The zero-order valence-corrected chi connectivity index (χ0v) is 9.10. The lowest BCUT2D eigenvalue weighted by Gasteiger charge is -2.03. The van der Waals surface area contributed by atoms with Crippen molar-refractivity contribution in [2.75, 3.05) is 12.8 Å². The Morgan fingerprint density at radius 1 is 1.53 bits per heavy atom. The van der Waals surface area contributed by atoms with Gasteiger partial charge >= 0.3 is 5.97 Å². The Morgan fingerprint density at radius 3 is 2.94 bits per heavy atom. The molecule has 6 nitrogen and oxygen atoms in total. The number of methoxy groups -OCH3 is 1.